The van der Waals surface area contributed by atoms with Crippen LogP contribution in [0.1, 0.15) is 55.4 Å². The maximum Gasteiger partial charge on any atom is 0.0915 e. The number of unbranched alkanes of at least 4 members (excludes halogenated alkanes) is 1. The van der Waals surface area contributed by atoms with Crippen LogP contribution >= 0.6 is 0 Å². The zero-order valence-electron chi connectivity index (χ0n) is 11.4. The normalized spacial score (nSPS) is 15.7. The highest BCUT2D eigenvalue weighted by Gasteiger charge is 2.20. The van der Waals surface area contributed by atoms with E-state index in [0.717, 1.165) is 19.3 Å². The van der Waals surface area contributed by atoms with Gasteiger partial charge in [-0.1, -0.05) is 32.4 Å². The summed E-state index contributed by atoms with van der Waals surface area (Å²) < 4.78 is 0. The van der Waals surface area contributed by atoms with E-state index in [1.165, 1.54) is 47.1 Å². The Morgan fingerprint density at radius 3 is 2.78 bits per heavy atom. The van der Waals surface area contributed by atoms with Gasteiger partial charge in [-0.15, -0.1) is 0 Å². The predicted molar refractivity (Wildman–Crippen MR) is 76.3 cm³/mol. The summed E-state index contributed by atoms with van der Waals surface area (Å²) in [5.41, 5.74) is 7.06. The van der Waals surface area contributed by atoms with Gasteiger partial charge in [0, 0.05) is 6.08 Å². The quantitative estimate of drug-likeness (QED) is 0.712. The lowest BCUT2D eigenvalue weighted by Gasteiger charge is -2.14. The zero-order chi connectivity index (χ0) is 13.0. The molecule has 2 rings (SSSR count). The molecule has 0 amide bonds. The fraction of sp³-hybridized carbons (Fsp3) is 0.471. The molecular weight excluding hydrogens is 218 g/mol. The van der Waals surface area contributed by atoms with E-state index >= 15 is 0 Å². The van der Waals surface area contributed by atoms with E-state index in [1.54, 1.807) is 6.08 Å². The molecule has 94 valence electrons. The van der Waals surface area contributed by atoms with Crippen LogP contribution < -0.4 is 0 Å². The molecule has 1 aliphatic carbocycles. The summed E-state index contributed by atoms with van der Waals surface area (Å²) in [6.45, 7) is 4.47. The van der Waals surface area contributed by atoms with Crippen molar-refractivity contribution in [1.29, 1.82) is 5.26 Å². The minimum Gasteiger partial charge on any atom is -0.193 e. The summed E-state index contributed by atoms with van der Waals surface area (Å²) in [4.78, 5) is 0. The third-order valence-electron chi connectivity index (χ3n) is 3.87. The Kier molecular flexibility index (Phi) is 4.20. The number of fused-ring (bicyclic) bond motifs is 1. The first-order valence-corrected chi connectivity index (χ1v) is 7.04. The van der Waals surface area contributed by atoms with E-state index in [1.807, 2.05) is 0 Å². The van der Waals surface area contributed by atoms with E-state index in [9.17, 15) is 0 Å². The van der Waals surface area contributed by atoms with Crippen LogP contribution in [0.4, 0.5) is 0 Å². The zero-order valence-corrected chi connectivity index (χ0v) is 11.4. The number of hydrogen-bond donors (Lipinski definition) is 0. The molecule has 0 aliphatic heterocycles. The number of benzene rings is 1. The summed E-state index contributed by atoms with van der Waals surface area (Å²) in [5, 5.41) is 8.90. The smallest absolute Gasteiger partial charge is 0.0915 e. The van der Waals surface area contributed by atoms with Gasteiger partial charge in [-0.2, -0.15) is 5.26 Å². The summed E-state index contributed by atoms with van der Waals surface area (Å²) in [6.07, 6.45) is 8.62. The highest BCUT2D eigenvalue weighted by molar-refractivity contribution is 5.77. The van der Waals surface area contributed by atoms with Crippen LogP contribution in [0, 0.1) is 11.3 Å². The molecule has 0 heterocycles. The Labute approximate surface area is 110 Å². The van der Waals surface area contributed by atoms with Gasteiger partial charge < -0.3 is 0 Å². The number of nitriles is 1. The summed E-state index contributed by atoms with van der Waals surface area (Å²) in [7, 11) is 0. The number of allylic oxidation sites excluding steroid dienone is 2. The van der Waals surface area contributed by atoms with Gasteiger partial charge in [0.25, 0.3) is 0 Å². The van der Waals surface area contributed by atoms with Gasteiger partial charge in [0.2, 0.25) is 0 Å². The van der Waals surface area contributed by atoms with Gasteiger partial charge >= 0.3 is 0 Å². The molecule has 1 aromatic rings. The lowest BCUT2D eigenvalue weighted by atomic mass is 9.91. The predicted octanol–water partition coefficient (Wildman–Crippen LogP) is 4.44. The summed E-state index contributed by atoms with van der Waals surface area (Å²) >= 11 is 0. The summed E-state index contributed by atoms with van der Waals surface area (Å²) in [6, 6.07) is 6.79. The molecule has 0 atom stereocenters. The third-order valence-corrected chi connectivity index (χ3v) is 3.87. The Morgan fingerprint density at radius 2 is 2.11 bits per heavy atom. The fourth-order valence-corrected chi connectivity index (χ4v) is 2.97. The van der Waals surface area contributed by atoms with E-state index in [0.29, 0.717) is 0 Å². The van der Waals surface area contributed by atoms with Crippen molar-refractivity contribution in [2.75, 3.05) is 0 Å². The van der Waals surface area contributed by atoms with Crippen LogP contribution in [0.3, 0.4) is 0 Å². The molecule has 0 radical (unpaired) electrons. The molecule has 0 fully saturated rings. The van der Waals surface area contributed by atoms with Crippen LogP contribution in [0.15, 0.2) is 18.2 Å². The second-order valence-corrected chi connectivity index (χ2v) is 4.99. The lowest BCUT2D eigenvalue weighted by molar-refractivity contribution is 0.786. The largest absolute Gasteiger partial charge is 0.193 e. The number of rotatable bonds is 4. The molecule has 0 bridgehead atoms. The van der Waals surface area contributed by atoms with Crippen molar-refractivity contribution in [2.24, 2.45) is 0 Å². The molecule has 1 heteroatoms. The van der Waals surface area contributed by atoms with Gasteiger partial charge in [0.05, 0.1) is 6.07 Å². The van der Waals surface area contributed by atoms with Crippen molar-refractivity contribution in [3.63, 3.8) is 0 Å². The van der Waals surface area contributed by atoms with E-state index in [4.69, 9.17) is 5.26 Å². The van der Waals surface area contributed by atoms with Crippen LogP contribution in [-0.2, 0) is 19.3 Å². The van der Waals surface area contributed by atoms with Crippen molar-refractivity contribution in [1.82, 2.24) is 0 Å². The average molecular weight is 239 g/mol. The Bertz CT molecular complexity index is 503. The van der Waals surface area contributed by atoms with Gasteiger partial charge in [-0.05, 0) is 59.9 Å². The van der Waals surface area contributed by atoms with Crippen molar-refractivity contribution in [3.05, 3.63) is 40.5 Å². The molecule has 0 spiro atoms. The standard InChI is InChI=1S/C17H21N/c1-3-5-6-13-7-8-14-9-10-15(11-12-18)17(14)16(13)4-2/h7-8,11H,3-6,9-10H2,1-2H3. The lowest BCUT2D eigenvalue weighted by Crippen LogP contribution is -1.99. The summed E-state index contributed by atoms with van der Waals surface area (Å²) in [5.74, 6) is 0. The Hall–Kier alpha value is -1.55. The monoisotopic (exact) mass is 239 g/mol. The van der Waals surface area contributed by atoms with Crippen molar-refractivity contribution in [2.45, 2.75) is 52.4 Å². The topological polar surface area (TPSA) is 23.8 Å². The molecule has 18 heavy (non-hydrogen) atoms. The van der Waals surface area contributed by atoms with E-state index < -0.39 is 0 Å². The Balaban J connectivity index is 2.47. The molecule has 1 nitrogen and oxygen atoms in total. The first kappa shape index (κ1) is 12.9. The third kappa shape index (κ3) is 2.34. The van der Waals surface area contributed by atoms with Crippen LogP contribution in [-0.4, -0.2) is 0 Å². The van der Waals surface area contributed by atoms with Crippen molar-refractivity contribution in [3.8, 4) is 6.07 Å². The van der Waals surface area contributed by atoms with Gasteiger partial charge in [-0.25, -0.2) is 0 Å². The highest BCUT2D eigenvalue weighted by Crippen LogP contribution is 2.36. The molecule has 0 N–H and O–H groups in total. The maximum atomic E-state index is 8.90. The number of nitrogens with zero attached hydrogens (tertiary/aromatic N) is 1. The molecule has 0 aromatic heterocycles. The second kappa shape index (κ2) is 5.87. The van der Waals surface area contributed by atoms with Crippen LogP contribution in [0.5, 0.6) is 0 Å². The van der Waals surface area contributed by atoms with Crippen LogP contribution in [0.2, 0.25) is 0 Å². The first-order chi connectivity index (χ1) is 8.81. The molecule has 0 saturated heterocycles. The minimum atomic E-state index is 1.03. The number of aryl methyl sites for hydroxylation is 2. The molecular formula is C17H21N. The fourth-order valence-electron chi connectivity index (χ4n) is 2.97. The molecule has 1 aromatic carbocycles. The first-order valence-electron chi connectivity index (χ1n) is 7.04. The van der Waals surface area contributed by atoms with Gasteiger partial charge in [-0.3, -0.25) is 0 Å². The maximum absolute atomic E-state index is 8.90. The number of hydrogen-bond acceptors (Lipinski definition) is 1. The SMILES string of the molecule is CCCCc1ccc2c(c1CC)C(=CC#N)CC2. The van der Waals surface area contributed by atoms with E-state index in [2.05, 4.69) is 32.0 Å². The minimum absolute atomic E-state index is 1.03. The molecule has 1 aliphatic rings. The van der Waals surface area contributed by atoms with E-state index in [-0.39, 0.29) is 0 Å². The highest BCUT2D eigenvalue weighted by atomic mass is 14.3. The average Bonchev–Trinajstić information content (AvgIpc) is 2.79. The molecule has 0 unspecified atom stereocenters. The van der Waals surface area contributed by atoms with Gasteiger partial charge in [0.1, 0.15) is 0 Å². The Morgan fingerprint density at radius 1 is 1.28 bits per heavy atom. The molecule has 0 saturated carbocycles. The van der Waals surface area contributed by atoms with Crippen LogP contribution in [0.25, 0.3) is 5.57 Å². The van der Waals surface area contributed by atoms with Gasteiger partial charge in [0.15, 0.2) is 0 Å². The van der Waals surface area contributed by atoms with Crippen molar-refractivity contribution < 1.29 is 0 Å². The second-order valence-electron chi connectivity index (χ2n) is 4.99. The van der Waals surface area contributed by atoms with Crippen molar-refractivity contribution >= 4 is 5.57 Å².